The molecule has 0 aliphatic heterocycles. The predicted molar refractivity (Wildman–Crippen MR) is 64.1 cm³/mol. The summed E-state index contributed by atoms with van der Waals surface area (Å²) in [6.45, 7) is 5.07. The van der Waals surface area contributed by atoms with Crippen LogP contribution in [-0.2, 0) is 9.59 Å². The van der Waals surface area contributed by atoms with E-state index in [1.54, 1.807) is 0 Å². The van der Waals surface area contributed by atoms with Crippen molar-refractivity contribution in [1.82, 2.24) is 16.0 Å². The van der Waals surface area contributed by atoms with Crippen LogP contribution in [0.3, 0.4) is 0 Å². The number of carbonyl (C=O) groups excluding carboxylic acids is 2. The summed E-state index contributed by atoms with van der Waals surface area (Å²) in [7, 11) is 1.86. The number of amides is 2. The van der Waals surface area contributed by atoms with Crippen LogP contribution < -0.4 is 16.0 Å². The number of carbonyl (C=O) groups is 2. The lowest BCUT2D eigenvalue weighted by molar-refractivity contribution is -0.122. The number of rotatable bonds is 8. The van der Waals surface area contributed by atoms with Crippen molar-refractivity contribution in [1.29, 1.82) is 0 Å². The van der Waals surface area contributed by atoms with E-state index in [-0.39, 0.29) is 17.9 Å². The molecule has 5 heteroatoms. The van der Waals surface area contributed by atoms with Crippen LogP contribution in [-0.4, -0.2) is 38.0 Å². The first-order chi connectivity index (χ1) is 7.56. The molecule has 0 aromatic heterocycles. The Labute approximate surface area is 97.4 Å². The third-order valence-corrected chi connectivity index (χ3v) is 1.95. The van der Waals surface area contributed by atoms with E-state index in [4.69, 9.17) is 0 Å². The third-order valence-electron chi connectivity index (χ3n) is 1.95. The molecule has 0 aromatic carbocycles. The molecule has 0 rings (SSSR count). The molecule has 0 bridgehead atoms. The highest BCUT2D eigenvalue weighted by Crippen LogP contribution is 1.87. The molecule has 0 aliphatic rings. The summed E-state index contributed by atoms with van der Waals surface area (Å²) in [4.78, 5) is 22.5. The van der Waals surface area contributed by atoms with Gasteiger partial charge in [0, 0.05) is 25.4 Å². The van der Waals surface area contributed by atoms with Gasteiger partial charge in [0.2, 0.25) is 11.8 Å². The molecule has 5 nitrogen and oxygen atoms in total. The van der Waals surface area contributed by atoms with Crippen molar-refractivity contribution in [3.63, 3.8) is 0 Å². The average molecular weight is 229 g/mol. The topological polar surface area (TPSA) is 70.2 Å². The van der Waals surface area contributed by atoms with E-state index in [1.807, 2.05) is 20.9 Å². The van der Waals surface area contributed by atoms with Crippen molar-refractivity contribution < 1.29 is 9.59 Å². The highest BCUT2D eigenvalue weighted by atomic mass is 16.2. The fourth-order valence-corrected chi connectivity index (χ4v) is 1.22. The van der Waals surface area contributed by atoms with E-state index < -0.39 is 0 Å². The van der Waals surface area contributed by atoms with Crippen LogP contribution in [0.25, 0.3) is 0 Å². The maximum absolute atomic E-state index is 11.3. The average Bonchev–Trinajstić information content (AvgIpc) is 2.17. The lowest BCUT2D eigenvalue weighted by Gasteiger charge is -2.08. The number of nitrogens with one attached hydrogen (secondary N) is 3. The normalized spacial score (nSPS) is 10.2. The van der Waals surface area contributed by atoms with Gasteiger partial charge in [-0.3, -0.25) is 9.59 Å². The Morgan fingerprint density at radius 1 is 1.06 bits per heavy atom. The summed E-state index contributed by atoms with van der Waals surface area (Å²) in [6, 6.07) is 0.152. The standard InChI is InChI=1S/C11H23N3O2/c1-9(2)14-11(16)6-8-13-10(15)5-4-7-12-3/h9,12H,4-8H2,1-3H3,(H,13,15)(H,14,16). The fraction of sp³-hybridized carbons (Fsp3) is 0.818. The Morgan fingerprint density at radius 3 is 2.31 bits per heavy atom. The molecule has 0 saturated carbocycles. The van der Waals surface area contributed by atoms with Gasteiger partial charge in [0.1, 0.15) is 0 Å². The highest BCUT2D eigenvalue weighted by Gasteiger charge is 2.04. The van der Waals surface area contributed by atoms with E-state index in [1.165, 1.54) is 0 Å². The SMILES string of the molecule is CNCCCC(=O)NCCC(=O)NC(C)C. The maximum atomic E-state index is 11.3. The molecule has 0 fully saturated rings. The lowest BCUT2D eigenvalue weighted by atomic mass is 10.3. The van der Waals surface area contributed by atoms with Gasteiger partial charge in [-0.25, -0.2) is 0 Å². The largest absolute Gasteiger partial charge is 0.356 e. The van der Waals surface area contributed by atoms with Gasteiger partial charge in [0.05, 0.1) is 0 Å². The summed E-state index contributed by atoms with van der Waals surface area (Å²) in [5.74, 6) is -0.0156. The summed E-state index contributed by atoms with van der Waals surface area (Å²) in [5, 5.41) is 8.46. The quantitative estimate of drug-likeness (QED) is 0.514. The second-order valence-electron chi connectivity index (χ2n) is 4.03. The van der Waals surface area contributed by atoms with E-state index >= 15 is 0 Å². The molecule has 94 valence electrons. The second-order valence-corrected chi connectivity index (χ2v) is 4.03. The number of hydrogen-bond acceptors (Lipinski definition) is 3. The molecule has 0 spiro atoms. The Kier molecular flexibility index (Phi) is 8.52. The molecule has 0 aromatic rings. The minimum absolute atomic E-state index is 0.00703. The smallest absolute Gasteiger partial charge is 0.221 e. The molecular formula is C11H23N3O2. The molecular weight excluding hydrogens is 206 g/mol. The molecule has 0 radical (unpaired) electrons. The van der Waals surface area contributed by atoms with Gasteiger partial charge >= 0.3 is 0 Å². The zero-order valence-corrected chi connectivity index (χ0v) is 10.4. The monoisotopic (exact) mass is 229 g/mol. The summed E-state index contributed by atoms with van der Waals surface area (Å²) >= 11 is 0. The zero-order valence-electron chi connectivity index (χ0n) is 10.4. The first kappa shape index (κ1) is 14.9. The molecule has 2 amide bonds. The van der Waals surface area contributed by atoms with Crippen LogP contribution >= 0.6 is 0 Å². The summed E-state index contributed by atoms with van der Waals surface area (Å²) in [6.07, 6.45) is 1.67. The van der Waals surface area contributed by atoms with Crippen molar-refractivity contribution in [3.8, 4) is 0 Å². The minimum Gasteiger partial charge on any atom is -0.356 e. The van der Waals surface area contributed by atoms with Crippen molar-refractivity contribution in [2.24, 2.45) is 0 Å². The molecule has 16 heavy (non-hydrogen) atoms. The van der Waals surface area contributed by atoms with Crippen LogP contribution in [0.1, 0.15) is 33.1 Å². The van der Waals surface area contributed by atoms with Crippen LogP contribution in [0.5, 0.6) is 0 Å². The first-order valence-corrected chi connectivity index (χ1v) is 5.77. The van der Waals surface area contributed by atoms with Gasteiger partial charge in [-0.2, -0.15) is 0 Å². The zero-order chi connectivity index (χ0) is 12.4. The van der Waals surface area contributed by atoms with E-state index in [0.29, 0.717) is 19.4 Å². The summed E-state index contributed by atoms with van der Waals surface area (Å²) in [5.41, 5.74) is 0. The van der Waals surface area contributed by atoms with Crippen molar-refractivity contribution in [2.45, 2.75) is 39.2 Å². The van der Waals surface area contributed by atoms with Crippen LogP contribution in [0.4, 0.5) is 0 Å². The van der Waals surface area contributed by atoms with Gasteiger partial charge in [0.25, 0.3) is 0 Å². The van der Waals surface area contributed by atoms with E-state index in [9.17, 15) is 9.59 Å². The molecule has 3 N–H and O–H groups in total. The van der Waals surface area contributed by atoms with Gasteiger partial charge < -0.3 is 16.0 Å². The maximum Gasteiger partial charge on any atom is 0.221 e. The van der Waals surface area contributed by atoms with Crippen molar-refractivity contribution in [3.05, 3.63) is 0 Å². The fourth-order valence-electron chi connectivity index (χ4n) is 1.22. The van der Waals surface area contributed by atoms with Crippen LogP contribution in [0.15, 0.2) is 0 Å². The van der Waals surface area contributed by atoms with Crippen molar-refractivity contribution in [2.75, 3.05) is 20.1 Å². The Morgan fingerprint density at radius 2 is 1.75 bits per heavy atom. The molecule has 0 aliphatic carbocycles. The predicted octanol–water partition coefficient (Wildman–Crippen LogP) is 0.0169. The second kappa shape index (κ2) is 9.15. The van der Waals surface area contributed by atoms with Crippen LogP contribution in [0, 0.1) is 0 Å². The Hall–Kier alpha value is -1.10. The lowest BCUT2D eigenvalue weighted by Crippen LogP contribution is -2.34. The third kappa shape index (κ3) is 9.45. The number of hydrogen-bond donors (Lipinski definition) is 3. The Balaban J connectivity index is 3.43. The Bertz CT molecular complexity index is 217. The first-order valence-electron chi connectivity index (χ1n) is 5.77. The van der Waals surface area contributed by atoms with Crippen molar-refractivity contribution >= 4 is 11.8 Å². The van der Waals surface area contributed by atoms with Gasteiger partial charge in [0.15, 0.2) is 0 Å². The molecule has 0 heterocycles. The van der Waals surface area contributed by atoms with E-state index in [2.05, 4.69) is 16.0 Å². The molecule has 0 unspecified atom stereocenters. The highest BCUT2D eigenvalue weighted by molar-refractivity contribution is 5.79. The minimum atomic E-state index is -0.0227. The van der Waals surface area contributed by atoms with Crippen LogP contribution in [0.2, 0.25) is 0 Å². The van der Waals surface area contributed by atoms with E-state index in [0.717, 1.165) is 13.0 Å². The molecule has 0 saturated heterocycles. The van der Waals surface area contributed by atoms with Gasteiger partial charge in [-0.1, -0.05) is 0 Å². The van der Waals surface area contributed by atoms with Gasteiger partial charge in [-0.15, -0.1) is 0 Å². The molecule has 0 atom stereocenters. The summed E-state index contributed by atoms with van der Waals surface area (Å²) < 4.78 is 0. The van der Waals surface area contributed by atoms with Gasteiger partial charge in [-0.05, 0) is 33.9 Å².